The van der Waals surface area contributed by atoms with Crippen LogP contribution >= 0.6 is 11.3 Å². The number of benzene rings is 2. The Morgan fingerprint density at radius 1 is 1.03 bits per heavy atom. The number of thiazole rings is 1. The molecule has 0 atom stereocenters. The Kier molecular flexibility index (Phi) is 5.48. The summed E-state index contributed by atoms with van der Waals surface area (Å²) in [6.07, 6.45) is 0.528. The largest absolute Gasteiger partial charge is 0.241 e. The van der Waals surface area contributed by atoms with Crippen molar-refractivity contribution in [3.05, 3.63) is 69.7 Å². The number of nitrogens with zero attached hydrogens (tertiary/aromatic N) is 3. The van der Waals surface area contributed by atoms with Gasteiger partial charge in [0.1, 0.15) is 0 Å². The first-order valence-electron chi connectivity index (χ1n) is 9.72. The van der Waals surface area contributed by atoms with E-state index in [0.717, 1.165) is 38.5 Å². The molecular weight excluding hydrogens is 416 g/mol. The van der Waals surface area contributed by atoms with Crippen LogP contribution in [-0.2, 0) is 16.4 Å². The molecule has 0 saturated carbocycles. The van der Waals surface area contributed by atoms with Crippen molar-refractivity contribution in [1.82, 2.24) is 19.3 Å². The standard InChI is InChI=1S/C22H24N4O2S2/c1-14-6-5-7-18(12-14)21-24-22-26(25-21)19(13-29-22)8-9-23-30(27,28)20-16(3)10-15(2)11-17(20)4/h5-7,10-13,23H,8-9H2,1-4H3. The number of hydrogen-bond donors (Lipinski definition) is 1. The van der Waals surface area contributed by atoms with Crippen molar-refractivity contribution in [3.8, 4) is 11.4 Å². The van der Waals surface area contributed by atoms with Crippen molar-refractivity contribution in [2.45, 2.75) is 39.0 Å². The fraction of sp³-hybridized carbons (Fsp3) is 0.273. The van der Waals surface area contributed by atoms with E-state index in [4.69, 9.17) is 0 Å². The van der Waals surface area contributed by atoms with Gasteiger partial charge in [0.25, 0.3) is 0 Å². The van der Waals surface area contributed by atoms with Crippen LogP contribution in [0.1, 0.15) is 27.9 Å². The molecule has 0 radical (unpaired) electrons. The Labute approximate surface area is 180 Å². The summed E-state index contributed by atoms with van der Waals surface area (Å²) < 4.78 is 30.3. The Morgan fingerprint density at radius 2 is 1.77 bits per heavy atom. The number of hydrogen-bond acceptors (Lipinski definition) is 5. The maximum Gasteiger partial charge on any atom is 0.241 e. The Hall–Kier alpha value is -2.55. The number of sulfonamides is 1. The van der Waals surface area contributed by atoms with Crippen LogP contribution in [-0.4, -0.2) is 29.6 Å². The summed E-state index contributed by atoms with van der Waals surface area (Å²) in [6.45, 7) is 7.96. The van der Waals surface area contributed by atoms with E-state index in [2.05, 4.69) is 20.9 Å². The predicted molar refractivity (Wildman–Crippen MR) is 121 cm³/mol. The summed E-state index contributed by atoms with van der Waals surface area (Å²) in [5.41, 5.74) is 5.64. The van der Waals surface area contributed by atoms with Gasteiger partial charge in [-0.15, -0.1) is 16.4 Å². The Balaban J connectivity index is 1.52. The van der Waals surface area contributed by atoms with Gasteiger partial charge in [-0.1, -0.05) is 41.5 Å². The third-order valence-electron chi connectivity index (χ3n) is 4.97. The zero-order valence-corrected chi connectivity index (χ0v) is 19.1. The molecule has 156 valence electrons. The Bertz CT molecular complexity index is 1310. The summed E-state index contributed by atoms with van der Waals surface area (Å²) in [5, 5.41) is 6.61. The molecule has 4 aromatic rings. The zero-order valence-electron chi connectivity index (χ0n) is 17.4. The summed E-state index contributed by atoms with van der Waals surface area (Å²) in [7, 11) is -3.58. The minimum atomic E-state index is -3.58. The van der Waals surface area contributed by atoms with Gasteiger partial charge in [-0.05, 0) is 44.9 Å². The van der Waals surface area contributed by atoms with Gasteiger partial charge in [0.2, 0.25) is 15.0 Å². The summed E-state index contributed by atoms with van der Waals surface area (Å²) in [4.78, 5) is 5.78. The number of aryl methyl sites for hydroxylation is 4. The topological polar surface area (TPSA) is 76.4 Å². The van der Waals surface area contributed by atoms with Crippen LogP contribution in [0.4, 0.5) is 0 Å². The van der Waals surface area contributed by atoms with E-state index in [1.165, 1.54) is 11.3 Å². The highest BCUT2D eigenvalue weighted by Gasteiger charge is 2.20. The van der Waals surface area contributed by atoms with Crippen molar-refractivity contribution < 1.29 is 8.42 Å². The van der Waals surface area contributed by atoms with E-state index in [0.29, 0.717) is 23.7 Å². The van der Waals surface area contributed by atoms with Crippen molar-refractivity contribution in [3.63, 3.8) is 0 Å². The van der Waals surface area contributed by atoms with Crippen LogP contribution in [0.3, 0.4) is 0 Å². The number of fused-ring (bicyclic) bond motifs is 1. The number of nitrogens with one attached hydrogen (secondary N) is 1. The van der Waals surface area contributed by atoms with Crippen molar-refractivity contribution >= 4 is 26.3 Å². The van der Waals surface area contributed by atoms with Crippen LogP contribution in [0.15, 0.2) is 46.7 Å². The molecule has 0 spiro atoms. The molecule has 8 heteroatoms. The van der Waals surface area contributed by atoms with Crippen molar-refractivity contribution in [2.75, 3.05) is 6.54 Å². The van der Waals surface area contributed by atoms with E-state index in [9.17, 15) is 8.42 Å². The first kappa shape index (κ1) is 20.7. The van der Waals surface area contributed by atoms with Crippen LogP contribution in [0.5, 0.6) is 0 Å². The SMILES string of the molecule is Cc1cccc(-c2nc3scc(CCNS(=O)(=O)c4c(C)cc(C)cc4C)n3n2)c1. The average Bonchev–Trinajstić information content (AvgIpc) is 3.22. The first-order chi connectivity index (χ1) is 14.2. The molecule has 2 aromatic carbocycles. The highest BCUT2D eigenvalue weighted by molar-refractivity contribution is 7.89. The van der Waals surface area contributed by atoms with E-state index in [1.807, 2.05) is 63.4 Å². The molecule has 1 N–H and O–H groups in total. The Morgan fingerprint density at radius 3 is 2.47 bits per heavy atom. The van der Waals surface area contributed by atoms with Gasteiger partial charge in [0.05, 0.1) is 10.6 Å². The molecule has 6 nitrogen and oxygen atoms in total. The molecule has 0 amide bonds. The lowest BCUT2D eigenvalue weighted by atomic mass is 10.1. The molecule has 0 unspecified atom stereocenters. The van der Waals surface area contributed by atoms with Crippen LogP contribution < -0.4 is 4.72 Å². The zero-order chi connectivity index (χ0) is 21.5. The number of rotatable bonds is 6. The van der Waals surface area contributed by atoms with Crippen molar-refractivity contribution in [1.29, 1.82) is 0 Å². The highest BCUT2D eigenvalue weighted by Crippen LogP contribution is 2.23. The molecule has 30 heavy (non-hydrogen) atoms. The van der Waals surface area contributed by atoms with E-state index in [1.54, 1.807) is 4.52 Å². The van der Waals surface area contributed by atoms with E-state index < -0.39 is 10.0 Å². The molecule has 2 aromatic heterocycles. The quantitative estimate of drug-likeness (QED) is 0.487. The summed E-state index contributed by atoms with van der Waals surface area (Å²) in [6, 6.07) is 11.9. The second-order valence-corrected chi connectivity index (χ2v) is 10.1. The summed E-state index contributed by atoms with van der Waals surface area (Å²) in [5.74, 6) is 0.679. The van der Waals surface area contributed by atoms with Crippen LogP contribution in [0.25, 0.3) is 16.3 Å². The molecular formula is C22H24N4O2S2. The molecule has 0 saturated heterocycles. The van der Waals surface area contributed by atoms with Gasteiger partial charge >= 0.3 is 0 Å². The first-order valence-corrected chi connectivity index (χ1v) is 12.1. The number of aromatic nitrogens is 3. The maximum absolute atomic E-state index is 12.9. The molecule has 4 rings (SSSR count). The normalized spacial score (nSPS) is 12.0. The molecule has 2 heterocycles. The minimum Gasteiger partial charge on any atom is -0.211 e. The molecule has 0 aliphatic rings. The molecule has 0 fully saturated rings. The lowest BCUT2D eigenvalue weighted by molar-refractivity contribution is 0.579. The van der Waals surface area contributed by atoms with Crippen LogP contribution in [0.2, 0.25) is 0 Å². The molecule has 0 aliphatic heterocycles. The smallest absolute Gasteiger partial charge is 0.211 e. The van der Waals surface area contributed by atoms with Gasteiger partial charge in [-0.2, -0.15) is 4.98 Å². The van der Waals surface area contributed by atoms with Crippen molar-refractivity contribution in [2.24, 2.45) is 0 Å². The fourth-order valence-electron chi connectivity index (χ4n) is 3.78. The van der Waals surface area contributed by atoms with Gasteiger partial charge in [0, 0.05) is 23.9 Å². The van der Waals surface area contributed by atoms with Gasteiger partial charge in [-0.25, -0.2) is 17.7 Å². The second kappa shape index (κ2) is 7.94. The lowest BCUT2D eigenvalue weighted by Crippen LogP contribution is -2.27. The monoisotopic (exact) mass is 440 g/mol. The molecule has 0 bridgehead atoms. The third kappa shape index (κ3) is 4.03. The minimum absolute atomic E-state index is 0.292. The second-order valence-electron chi connectivity index (χ2n) is 7.60. The van der Waals surface area contributed by atoms with Gasteiger partial charge in [0.15, 0.2) is 5.82 Å². The fourth-order valence-corrected chi connectivity index (χ4v) is 6.12. The van der Waals surface area contributed by atoms with Gasteiger partial charge < -0.3 is 0 Å². The molecule has 0 aliphatic carbocycles. The van der Waals surface area contributed by atoms with Crippen LogP contribution in [0, 0.1) is 27.7 Å². The van der Waals surface area contributed by atoms with Gasteiger partial charge in [-0.3, -0.25) is 0 Å². The van der Waals surface area contributed by atoms with E-state index >= 15 is 0 Å². The third-order valence-corrected chi connectivity index (χ3v) is 7.60. The predicted octanol–water partition coefficient (Wildman–Crippen LogP) is 4.21. The average molecular weight is 441 g/mol. The van der Waals surface area contributed by atoms with E-state index in [-0.39, 0.29) is 0 Å². The lowest BCUT2D eigenvalue weighted by Gasteiger charge is -2.13. The summed E-state index contributed by atoms with van der Waals surface area (Å²) >= 11 is 1.51. The maximum atomic E-state index is 12.9. The highest BCUT2D eigenvalue weighted by atomic mass is 32.2.